The molecule has 0 saturated heterocycles. The van der Waals surface area contributed by atoms with E-state index in [0.717, 1.165) is 16.7 Å². The topological polar surface area (TPSA) is 46.2 Å². The number of rotatable bonds is 2. The minimum atomic E-state index is -1.02. The summed E-state index contributed by atoms with van der Waals surface area (Å²) in [4.78, 5) is 0. The van der Waals surface area contributed by atoms with E-state index in [2.05, 4.69) is 0 Å². The van der Waals surface area contributed by atoms with E-state index >= 15 is 0 Å². The maximum Gasteiger partial charge on any atom is 0.141 e. The molecule has 20 heavy (non-hydrogen) atoms. The first-order valence-corrected chi connectivity index (χ1v) is 6.89. The van der Waals surface area contributed by atoms with Gasteiger partial charge in [-0.3, -0.25) is 0 Å². The van der Waals surface area contributed by atoms with Gasteiger partial charge in [0.15, 0.2) is 0 Å². The highest BCUT2D eigenvalue weighted by Crippen LogP contribution is 2.44. The third kappa shape index (κ3) is 2.22. The highest BCUT2D eigenvalue weighted by atomic mass is 35.5. The van der Waals surface area contributed by atoms with E-state index in [1.165, 1.54) is 6.07 Å². The quantitative estimate of drug-likeness (QED) is 0.892. The van der Waals surface area contributed by atoms with Gasteiger partial charge in [-0.2, -0.15) is 0 Å². The Kier molecular flexibility index (Phi) is 3.28. The van der Waals surface area contributed by atoms with Crippen LogP contribution >= 0.6 is 11.6 Å². The van der Waals surface area contributed by atoms with E-state index in [4.69, 9.17) is 17.3 Å². The van der Waals surface area contributed by atoms with Crippen LogP contribution in [0.4, 0.5) is 4.39 Å². The SMILES string of the molecule is NC1CC(O)(Cc2ccc(F)c(Cl)c2)c2ccccc21. The Bertz CT molecular complexity index is 661. The van der Waals surface area contributed by atoms with Crippen molar-refractivity contribution in [2.45, 2.75) is 24.5 Å². The summed E-state index contributed by atoms with van der Waals surface area (Å²) in [5.41, 5.74) is 7.69. The number of nitrogens with two attached hydrogens (primary N) is 1. The third-order valence-electron chi connectivity index (χ3n) is 3.90. The fourth-order valence-corrected chi connectivity index (χ4v) is 3.19. The fourth-order valence-electron chi connectivity index (χ4n) is 2.98. The molecule has 0 saturated carbocycles. The van der Waals surface area contributed by atoms with Gasteiger partial charge in [0.25, 0.3) is 0 Å². The Morgan fingerprint density at radius 1 is 1.30 bits per heavy atom. The van der Waals surface area contributed by atoms with Crippen molar-refractivity contribution in [2.75, 3.05) is 0 Å². The van der Waals surface area contributed by atoms with Gasteiger partial charge in [0.2, 0.25) is 0 Å². The molecule has 0 radical (unpaired) electrons. The lowest BCUT2D eigenvalue weighted by atomic mass is 9.88. The Labute approximate surface area is 122 Å². The van der Waals surface area contributed by atoms with E-state index in [-0.39, 0.29) is 11.1 Å². The lowest BCUT2D eigenvalue weighted by molar-refractivity contribution is 0.0342. The van der Waals surface area contributed by atoms with Crippen LogP contribution in [0.25, 0.3) is 0 Å². The molecule has 2 atom stereocenters. The first-order chi connectivity index (χ1) is 9.49. The van der Waals surface area contributed by atoms with Gasteiger partial charge in [-0.1, -0.05) is 41.9 Å². The second kappa shape index (κ2) is 4.85. The molecule has 0 aliphatic heterocycles. The van der Waals surface area contributed by atoms with Crippen molar-refractivity contribution in [3.8, 4) is 0 Å². The summed E-state index contributed by atoms with van der Waals surface area (Å²) >= 11 is 5.79. The number of hydrogen-bond donors (Lipinski definition) is 2. The number of fused-ring (bicyclic) bond motifs is 1. The van der Waals surface area contributed by atoms with E-state index in [9.17, 15) is 9.50 Å². The normalized spacial score (nSPS) is 24.7. The fraction of sp³-hybridized carbons (Fsp3) is 0.250. The molecule has 2 aromatic rings. The first kappa shape index (κ1) is 13.6. The van der Waals surface area contributed by atoms with Crippen LogP contribution in [0.1, 0.15) is 29.2 Å². The van der Waals surface area contributed by atoms with E-state index in [0.29, 0.717) is 12.8 Å². The van der Waals surface area contributed by atoms with Gasteiger partial charge in [0.1, 0.15) is 5.82 Å². The molecule has 104 valence electrons. The maximum atomic E-state index is 13.2. The second-order valence-corrected chi connectivity index (χ2v) is 5.76. The second-order valence-electron chi connectivity index (χ2n) is 5.35. The zero-order valence-corrected chi connectivity index (χ0v) is 11.6. The van der Waals surface area contributed by atoms with Crippen molar-refractivity contribution < 1.29 is 9.50 Å². The van der Waals surface area contributed by atoms with Crippen molar-refractivity contribution in [1.29, 1.82) is 0 Å². The molecule has 0 fully saturated rings. The van der Waals surface area contributed by atoms with Gasteiger partial charge in [-0.25, -0.2) is 4.39 Å². The summed E-state index contributed by atoms with van der Waals surface area (Å²) in [7, 11) is 0. The third-order valence-corrected chi connectivity index (χ3v) is 4.19. The molecule has 0 heterocycles. The van der Waals surface area contributed by atoms with Gasteiger partial charge >= 0.3 is 0 Å². The van der Waals surface area contributed by atoms with E-state index < -0.39 is 11.4 Å². The average Bonchev–Trinajstić information content (AvgIpc) is 2.67. The van der Waals surface area contributed by atoms with Crippen molar-refractivity contribution in [1.82, 2.24) is 0 Å². The molecule has 2 aromatic carbocycles. The minimum Gasteiger partial charge on any atom is -0.385 e. The summed E-state index contributed by atoms with van der Waals surface area (Å²) in [5, 5.41) is 11.0. The van der Waals surface area contributed by atoms with Crippen molar-refractivity contribution >= 4 is 11.6 Å². The molecule has 1 aliphatic rings. The predicted molar refractivity (Wildman–Crippen MR) is 77.0 cm³/mol. The van der Waals surface area contributed by atoms with Crippen molar-refractivity contribution in [3.63, 3.8) is 0 Å². The zero-order chi connectivity index (χ0) is 14.3. The molecule has 1 aliphatic carbocycles. The number of benzene rings is 2. The molecular formula is C16H15ClFNO. The lowest BCUT2D eigenvalue weighted by Crippen LogP contribution is -2.26. The van der Waals surface area contributed by atoms with Crippen molar-refractivity contribution in [2.24, 2.45) is 5.73 Å². The maximum absolute atomic E-state index is 13.2. The van der Waals surface area contributed by atoms with Gasteiger partial charge < -0.3 is 10.8 Å². The predicted octanol–water partition coefficient (Wildman–Crippen LogP) is 3.31. The van der Waals surface area contributed by atoms with Crippen LogP contribution in [0, 0.1) is 5.82 Å². The Morgan fingerprint density at radius 3 is 2.80 bits per heavy atom. The number of aliphatic hydroxyl groups is 1. The highest BCUT2D eigenvalue weighted by Gasteiger charge is 2.40. The standard InChI is InChI=1S/C16H15ClFNO/c17-13-7-10(5-6-14(13)18)8-16(20)9-15(19)11-3-1-2-4-12(11)16/h1-7,15,20H,8-9,19H2. The molecule has 0 bridgehead atoms. The first-order valence-electron chi connectivity index (χ1n) is 6.51. The van der Waals surface area contributed by atoms with E-state index in [1.54, 1.807) is 12.1 Å². The lowest BCUT2D eigenvalue weighted by Gasteiger charge is -2.24. The largest absolute Gasteiger partial charge is 0.385 e. The molecule has 2 unspecified atom stereocenters. The van der Waals surface area contributed by atoms with Gasteiger partial charge in [-0.15, -0.1) is 0 Å². The van der Waals surface area contributed by atoms with Crippen molar-refractivity contribution in [3.05, 3.63) is 70.0 Å². The molecular weight excluding hydrogens is 277 g/mol. The van der Waals surface area contributed by atoms with Crippen LogP contribution in [-0.4, -0.2) is 5.11 Å². The van der Waals surface area contributed by atoms with Crippen LogP contribution in [0.2, 0.25) is 5.02 Å². The monoisotopic (exact) mass is 291 g/mol. The number of hydrogen-bond acceptors (Lipinski definition) is 2. The van der Waals surface area contributed by atoms with Gasteiger partial charge in [-0.05, 0) is 35.2 Å². The zero-order valence-electron chi connectivity index (χ0n) is 10.8. The molecule has 0 aromatic heterocycles. The molecule has 0 amide bonds. The molecule has 0 spiro atoms. The molecule has 2 nitrogen and oxygen atoms in total. The highest BCUT2D eigenvalue weighted by molar-refractivity contribution is 6.30. The van der Waals surface area contributed by atoms with Gasteiger partial charge in [0, 0.05) is 12.5 Å². The van der Waals surface area contributed by atoms with E-state index in [1.807, 2.05) is 24.3 Å². The molecule has 3 rings (SSSR count). The van der Waals surface area contributed by atoms with Crippen LogP contribution in [0.15, 0.2) is 42.5 Å². The number of halogens is 2. The summed E-state index contributed by atoms with van der Waals surface area (Å²) in [6.45, 7) is 0. The minimum absolute atomic E-state index is 0.0710. The average molecular weight is 292 g/mol. The summed E-state index contributed by atoms with van der Waals surface area (Å²) in [5.74, 6) is -0.453. The Morgan fingerprint density at radius 2 is 2.05 bits per heavy atom. The Hall–Kier alpha value is -1.42. The van der Waals surface area contributed by atoms with Crippen LogP contribution in [0.3, 0.4) is 0 Å². The van der Waals surface area contributed by atoms with Crippen LogP contribution in [0.5, 0.6) is 0 Å². The van der Waals surface area contributed by atoms with Crippen LogP contribution in [-0.2, 0) is 12.0 Å². The smallest absolute Gasteiger partial charge is 0.141 e. The van der Waals surface area contributed by atoms with Crippen LogP contribution < -0.4 is 5.73 Å². The summed E-state index contributed by atoms with van der Waals surface area (Å²) in [6.07, 6.45) is 0.832. The van der Waals surface area contributed by atoms with Gasteiger partial charge in [0.05, 0.1) is 10.6 Å². The Balaban J connectivity index is 1.96. The molecule has 4 heteroatoms. The summed E-state index contributed by atoms with van der Waals surface area (Å²) < 4.78 is 13.2. The summed E-state index contributed by atoms with van der Waals surface area (Å²) in [6, 6.07) is 12.0. The molecule has 3 N–H and O–H groups in total.